The van der Waals surface area contributed by atoms with E-state index in [4.69, 9.17) is 4.74 Å². The standard InChI is InChI=1S/C21H25N5O/c1-16-6-8-17(9-7-16)22-21(14-4-3-5-15-21)20-23-24-25-26(20)18-10-12-19(27-2)13-11-18/h6-13,22H,3-5,14-15H2,1-2H3. The van der Waals surface area contributed by atoms with Gasteiger partial charge in [0.05, 0.1) is 18.3 Å². The zero-order valence-corrected chi connectivity index (χ0v) is 15.9. The van der Waals surface area contributed by atoms with Crippen molar-refractivity contribution in [2.75, 3.05) is 12.4 Å². The summed E-state index contributed by atoms with van der Waals surface area (Å²) in [6.07, 6.45) is 5.60. The van der Waals surface area contributed by atoms with E-state index in [1.807, 2.05) is 28.9 Å². The molecule has 27 heavy (non-hydrogen) atoms. The lowest BCUT2D eigenvalue weighted by Gasteiger charge is -2.37. The lowest BCUT2D eigenvalue weighted by molar-refractivity contribution is 0.309. The summed E-state index contributed by atoms with van der Waals surface area (Å²) >= 11 is 0. The molecule has 1 aliphatic carbocycles. The van der Waals surface area contributed by atoms with Gasteiger partial charge < -0.3 is 10.1 Å². The summed E-state index contributed by atoms with van der Waals surface area (Å²) in [6, 6.07) is 16.4. The molecule has 6 nitrogen and oxygen atoms in total. The first kappa shape index (κ1) is 17.5. The third-order valence-electron chi connectivity index (χ3n) is 5.36. The minimum absolute atomic E-state index is 0.267. The van der Waals surface area contributed by atoms with Gasteiger partial charge in [-0.3, -0.25) is 0 Å². The number of methoxy groups -OCH3 is 1. The molecule has 6 heteroatoms. The molecule has 0 spiro atoms. The summed E-state index contributed by atoms with van der Waals surface area (Å²) in [6.45, 7) is 2.10. The van der Waals surface area contributed by atoms with E-state index < -0.39 is 0 Å². The van der Waals surface area contributed by atoms with Gasteiger partial charge in [-0.15, -0.1) is 5.10 Å². The Morgan fingerprint density at radius 3 is 2.33 bits per heavy atom. The van der Waals surface area contributed by atoms with E-state index in [0.29, 0.717) is 0 Å². The van der Waals surface area contributed by atoms with Crippen molar-refractivity contribution >= 4 is 5.69 Å². The fourth-order valence-corrected chi connectivity index (χ4v) is 3.86. The molecule has 2 aromatic carbocycles. The van der Waals surface area contributed by atoms with Crippen LogP contribution in [-0.4, -0.2) is 27.3 Å². The molecule has 1 fully saturated rings. The van der Waals surface area contributed by atoms with Crippen LogP contribution in [0.1, 0.15) is 43.5 Å². The normalized spacial score (nSPS) is 16.1. The van der Waals surface area contributed by atoms with Crippen LogP contribution in [0.5, 0.6) is 5.75 Å². The van der Waals surface area contributed by atoms with E-state index in [2.05, 4.69) is 52.0 Å². The molecule has 0 aliphatic heterocycles. The fourth-order valence-electron chi connectivity index (χ4n) is 3.86. The van der Waals surface area contributed by atoms with Gasteiger partial charge in [0.25, 0.3) is 0 Å². The lowest BCUT2D eigenvalue weighted by atomic mass is 9.80. The van der Waals surface area contributed by atoms with Crippen LogP contribution in [0.15, 0.2) is 48.5 Å². The number of aromatic nitrogens is 4. The summed E-state index contributed by atoms with van der Waals surface area (Å²) in [5.41, 5.74) is 3.02. The minimum atomic E-state index is -0.267. The number of rotatable bonds is 5. The van der Waals surface area contributed by atoms with Gasteiger partial charge in [-0.05, 0) is 66.6 Å². The van der Waals surface area contributed by atoms with Crippen LogP contribution in [0, 0.1) is 6.92 Å². The van der Waals surface area contributed by atoms with Crippen LogP contribution >= 0.6 is 0 Å². The van der Waals surface area contributed by atoms with Crippen molar-refractivity contribution in [3.8, 4) is 11.4 Å². The molecular weight excluding hydrogens is 338 g/mol. The molecule has 1 aliphatic rings. The third kappa shape index (κ3) is 3.52. The molecule has 1 N–H and O–H groups in total. The van der Waals surface area contributed by atoms with Gasteiger partial charge in [0.1, 0.15) is 5.75 Å². The van der Waals surface area contributed by atoms with Gasteiger partial charge in [-0.2, -0.15) is 4.68 Å². The Bertz CT molecular complexity index is 880. The van der Waals surface area contributed by atoms with E-state index in [9.17, 15) is 0 Å². The fraction of sp³-hybridized carbons (Fsp3) is 0.381. The Morgan fingerprint density at radius 1 is 0.963 bits per heavy atom. The molecule has 1 saturated carbocycles. The van der Waals surface area contributed by atoms with E-state index in [-0.39, 0.29) is 5.54 Å². The number of aryl methyl sites for hydroxylation is 1. The summed E-state index contributed by atoms with van der Waals surface area (Å²) in [5, 5.41) is 16.5. The Labute approximate surface area is 159 Å². The van der Waals surface area contributed by atoms with Crippen LogP contribution in [0.2, 0.25) is 0 Å². The second-order valence-electron chi connectivity index (χ2n) is 7.25. The lowest BCUT2D eigenvalue weighted by Crippen LogP contribution is -2.40. The number of hydrogen-bond donors (Lipinski definition) is 1. The van der Waals surface area contributed by atoms with E-state index in [1.54, 1.807) is 7.11 Å². The molecule has 0 atom stereocenters. The van der Waals surface area contributed by atoms with Crippen LogP contribution < -0.4 is 10.1 Å². The molecule has 3 aromatic rings. The van der Waals surface area contributed by atoms with E-state index in [0.717, 1.165) is 48.6 Å². The molecule has 0 unspecified atom stereocenters. The van der Waals surface area contributed by atoms with Gasteiger partial charge in [-0.25, -0.2) is 0 Å². The molecule has 0 bridgehead atoms. The predicted octanol–water partition coefficient (Wildman–Crippen LogP) is 4.25. The van der Waals surface area contributed by atoms with Crippen LogP contribution in [0.25, 0.3) is 5.69 Å². The molecule has 1 heterocycles. The average Bonchev–Trinajstić information content (AvgIpc) is 3.21. The van der Waals surface area contributed by atoms with Crippen molar-refractivity contribution in [3.05, 3.63) is 59.9 Å². The van der Waals surface area contributed by atoms with Crippen LogP contribution in [-0.2, 0) is 5.54 Å². The summed E-state index contributed by atoms with van der Waals surface area (Å²) in [5.74, 6) is 1.69. The maximum Gasteiger partial charge on any atom is 0.181 e. The third-order valence-corrected chi connectivity index (χ3v) is 5.36. The summed E-state index contributed by atoms with van der Waals surface area (Å²) < 4.78 is 7.12. The van der Waals surface area contributed by atoms with E-state index in [1.165, 1.54) is 12.0 Å². The first-order valence-corrected chi connectivity index (χ1v) is 9.48. The topological polar surface area (TPSA) is 64.9 Å². The van der Waals surface area contributed by atoms with Gasteiger partial charge >= 0.3 is 0 Å². The van der Waals surface area contributed by atoms with E-state index >= 15 is 0 Å². The highest BCUT2D eigenvalue weighted by molar-refractivity contribution is 5.48. The van der Waals surface area contributed by atoms with Crippen molar-refractivity contribution in [1.29, 1.82) is 0 Å². The molecule has 1 aromatic heterocycles. The van der Waals surface area contributed by atoms with Crippen LogP contribution in [0.3, 0.4) is 0 Å². The highest BCUT2D eigenvalue weighted by atomic mass is 16.5. The molecule has 0 radical (unpaired) electrons. The second-order valence-corrected chi connectivity index (χ2v) is 7.25. The molecule has 4 rings (SSSR count). The van der Waals surface area contributed by atoms with Gasteiger partial charge in [0.2, 0.25) is 0 Å². The first-order chi connectivity index (χ1) is 13.2. The number of benzene rings is 2. The zero-order chi connectivity index (χ0) is 18.7. The Kier molecular flexibility index (Phi) is 4.79. The average molecular weight is 363 g/mol. The number of nitrogens with zero attached hydrogens (tertiary/aromatic N) is 4. The van der Waals surface area contributed by atoms with Gasteiger partial charge in [0, 0.05) is 5.69 Å². The second kappa shape index (κ2) is 7.39. The maximum absolute atomic E-state index is 5.27. The molecule has 0 amide bonds. The van der Waals surface area contributed by atoms with Crippen LogP contribution in [0.4, 0.5) is 5.69 Å². The number of nitrogens with one attached hydrogen (secondary N) is 1. The monoisotopic (exact) mass is 363 g/mol. The molecular formula is C21H25N5O. The Morgan fingerprint density at radius 2 is 1.67 bits per heavy atom. The van der Waals surface area contributed by atoms with Crippen molar-refractivity contribution < 1.29 is 4.74 Å². The first-order valence-electron chi connectivity index (χ1n) is 9.48. The van der Waals surface area contributed by atoms with Gasteiger partial charge in [0.15, 0.2) is 5.82 Å². The zero-order valence-electron chi connectivity index (χ0n) is 15.9. The maximum atomic E-state index is 5.27. The molecule has 140 valence electrons. The number of anilines is 1. The molecule has 0 saturated heterocycles. The van der Waals surface area contributed by atoms with Crippen molar-refractivity contribution in [3.63, 3.8) is 0 Å². The van der Waals surface area contributed by atoms with Crippen molar-refractivity contribution in [2.24, 2.45) is 0 Å². The number of hydrogen-bond acceptors (Lipinski definition) is 5. The largest absolute Gasteiger partial charge is 0.497 e. The summed E-state index contributed by atoms with van der Waals surface area (Å²) in [4.78, 5) is 0. The minimum Gasteiger partial charge on any atom is -0.497 e. The highest BCUT2D eigenvalue weighted by Gasteiger charge is 2.39. The summed E-state index contributed by atoms with van der Waals surface area (Å²) in [7, 11) is 1.67. The van der Waals surface area contributed by atoms with Crippen molar-refractivity contribution in [2.45, 2.75) is 44.6 Å². The number of ether oxygens (including phenoxy) is 1. The van der Waals surface area contributed by atoms with Crippen molar-refractivity contribution in [1.82, 2.24) is 20.2 Å². The smallest absolute Gasteiger partial charge is 0.181 e. The Balaban J connectivity index is 1.72. The Hall–Kier alpha value is -2.89. The SMILES string of the molecule is COc1ccc(-n2nnnc2C2(Nc3ccc(C)cc3)CCCCC2)cc1. The predicted molar refractivity (Wildman–Crippen MR) is 105 cm³/mol. The number of tetrazole rings is 1. The van der Waals surface area contributed by atoms with Gasteiger partial charge in [-0.1, -0.05) is 37.0 Å². The highest BCUT2D eigenvalue weighted by Crippen LogP contribution is 2.39. The quantitative estimate of drug-likeness (QED) is 0.734.